The molecule has 1 aliphatic heterocycles. The predicted octanol–water partition coefficient (Wildman–Crippen LogP) is 4.18. The van der Waals surface area contributed by atoms with Crippen LogP contribution in [-0.2, 0) is 0 Å². The molecule has 0 unspecified atom stereocenters. The summed E-state index contributed by atoms with van der Waals surface area (Å²) in [6.07, 6.45) is 2.45. The Kier molecular flexibility index (Phi) is 5.12. The summed E-state index contributed by atoms with van der Waals surface area (Å²) in [5.41, 5.74) is 4.06. The van der Waals surface area contributed by atoms with Crippen molar-refractivity contribution in [1.82, 2.24) is 5.32 Å². The molecular weight excluding hydrogens is 314 g/mol. The number of nitrogens with one attached hydrogen (secondary N) is 2. The molecule has 2 aromatic rings. The number of phenolic OH excluding ortho intramolecular Hbond substituents is 1. The van der Waals surface area contributed by atoms with Crippen LogP contribution < -0.4 is 15.5 Å². The van der Waals surface area contributed by atoms with Crippen LogP contribution in [0.2, 0.25) is 0 Å². The Bertz CT molecular complexity index is 737. The number of hydrogen-bond acceptors (Lipinski definition) is 3. The first-order valence-electron chi connectivity index (χ1n) is 8.75. The maximum atomic E-state index is 12.4. The van der Waals surface area contributed by atoms with Gasteiger partial charge in [0.1, 0.15) is 5.75 Å². The minimum atomic E-state index is -0.234. The quantitative estimate of drug-likeness (QED) is 0.783. The van der Waals surface area contributed by atoms with Crippen LogP contribution in [0.15, 0.2) is 42.5 Å². The molecule has 0 radical (unpaired) electrons. The molecule has 1 atom stereocenters. The Morgan fingerprint density at radius 2 is 1.80 bits per heavy atom. The molecule has 2 aromatic carbocycles. The number of benzene rings is 2. The first kappa shape index (κ1) is 17.1. The van der Waals surface area contributed by atoms with Gasteiger partial charge < -0.3 is 20.6 Å². The van der Waals surface area contributed by atoms with E-state index < -0.39 is 0 Å². The van der Waals surface area contributed by atoms with Gasteiger partial charge in [-0.2, -0.15) is 0 Å². The van der Waals surface area contributed by atoms with Crippen LogP contribution in [0.5, 0.6) is 5.75 Å². The van der Waals surface area contributed by atoms with E-state index in [4.69, 9.17) is 0 Å². The Morgan fingerprint density at radius 1 is 1.12 bits per heavy atom. The van der Waals surface area contributed by atoms with Crippen LogP contribution in [-0.4, -0.2) is 24.2 Å². The average molecular weight is 339 g/mol. The minimum absolute atomic E-state index is 0.150. The molecule has 1 saturated heterocycles. The lowest BCUT2D eigenvalue weighted by Crippen LogP contribution is -2.31. The summed E-state index contributed by atoms with van der Waals surface area (Å²) >= 11 is 0. The highest BCUT2D eigenvalue weighted by molar-refractivity contribution is 5.91. The summed E-state index contributed by atoms with van der Waals surface area (Å²) < 4.78 is 0. The van der Waals surface area contributed by atoms with Gasteiger partial charge in [0.15, 0.2) is 0 Å². The fourth-order valence-corrected chi connectivity index (χ4v) is 3.26. The maximum absolute atomic E-state index is 12.4. The molecule has 132 valence electrons. The van der Waals surface area contributed by atoms with E-state index in [-0.39, 0.29) is 17.8 Å². The van der Waals surface area contributed by atoms with Gasteiger partial charge in [-0.15, -0.1) is 0 Å². The number of aromatic hydroxyl groups is 1. The highest BCUT2D eigenvalue weighted by atomic mass is 16.3. The third-order valence-electron chi connectivity index (χ3n) is 4.74. The average Bonchev–Trinajstić information content (AvgIpc) is 3.11. The van der Waals surface area contributed by atoms with E-state index in [1.54, 1.807) is 24.3 Å². The van der Waals surface area contributed by atoms with Crippen molar-refractivity contribution in [1.29, 1.82) is 0 Å². The summed E-state index contributed by atoms with van der Waals surface area (Å²) in [5, 5.41) is 15.3. The van der Waals surface area contributed by atoms with E-state index in [0.717, 1.165) is 29.9 Å². The molecule has 1 fully saturated rings. The summed E-state index contributed by atoms with van der Waals surface area (Å²) in [4.78, 5) is 14.7. The van der Waals surface area contributed by atoms with E-state index in [9.17, 15) is 9.90 Å². The van der Waals surface area contributed by atoms with Crippen molar-refractivity contribution >= 4 is 17.4 Å². The molecule has 2 amide bonds. The predicted molar refractivity (Wildman–Crippen MR) is 101 cm³/mol. The van der Waals surface area contributed by atoms with Crippen LogP contribution in [0.4, 0.5) is 16.2 Å². The summed E-state index contributed by atoms with van der Waals surface area (Å²) in [7, 11) is 0. The number of carbonyl (C=O) groups is 1. The zero-order valence-corrected chi connectivity index (χ0v) is 14.7. The van der Waals surface area contributed by atoms with Crippen molar-refractivity contribution in [3.05, 3.63) is 53.6 Å². The molecule has 3 N–H and O–H groups in total. The zero-order valence-electron chi connectivity index (χ0n) is 14.7. The number of urea groups is 1. The minimum Gasteiger partial charge on any atom is -0.508 e. The van der Waals surface area contributed by atoms with Crippen LogP contribution >= 0.6 is 0 Å². The monoisotopic (exact) mass is 339 g/mol. The molecule has 0 aliphatic carbocycles. The van der Waals surface area contributed by atoms with E-state index in [0.29, 0.717) is 0 Å². The molecule has 3 rings (SSSR count). The van der Waals surface area contributed by atoms with Gasteiger partial charge in [-0.3, -0.25) is 0 Å². The Hall–Kier alpha value is -2.69. The second kappa shape index (κ2) is 7.47. The summed E-state index contributed by atoms with van der Waals surface area (Å²) in [5.74, 6) is 0.217. The van der Waals surface area contributed by atoms with Crippen LogP contribution in [0.1, 0.15) is 36.9 Å². The second-order valence-electron chi connectivity index (χ2n) is 6.56. The second-order valence-corrected chi connectivity index (χ2v) is 6.56. The highest BCUT2D eigenvalue weighted by Crippen LogP contribution is 2.29. The largest absolute Gasteiger partial charge is 0.508 e. The number of amides is 2. The van der Waals surface area contributed by atoms with Gasteiger partial charge in [-0.1, -0.05) is 18.2 Å². The lowest BCUT2D eigenvalue weighted by atomic mass is 10.1. The fourth-order valence-electron chi connectivity index (χ4n) is 3.26. The van der Waals surface area contributed by atoms with Crippen molar-refractivity contribution in [2.75, 3.05) is 23.3 Å². The van der Waals surface area contributed by atoms with Crippen molar-refractivity contribution < 1.29 is 9.90 Å². The molecule has 25 heavy (non-hydrogen) atoms. The van der Waals surface area contributed by atoms with Gasteiger partial charge in [-0.05, 0) is 62.1 Å². The molecule has 5 nitrogen and oxygen atoms in total. The normalized spacial score (nSPS) is 15.0. The Morgan fingerprint density at radius 3 is 2.48 bits per heavy atom. The van der Waals surface area contributed by atoms with E-state index in [1.165, 1.54) is 18.5 Å². The molecular formula is C20H25N3O2. The number of nitrogens with zero attached hydrogens (tertiary/aromatic N) is 1. The van der Waals surface area contributed by atoms with Crippen LogP contribution in [0, 0.1) is 6.92 Å². The number of carbonyl (C=O) groups excluding carboxylic acids is 1. The van der Waals surface area contributed by atoms with E-state index in [1.807, 2.05) is 26.0 Å². The zero-order chi connectivity index (χ0) is 17.8. The van der Waals surface area contributed by atoms with Crippen LogP contribution in [0.25, 0.3) is 0 Å². The Balaban J connectivity index is 1.66. The third kappa shape index (κ3) is 4.05. The van der Waals surface area contributed by atoms with Gasteiger partial charge in [0.2, 0.25) is 0 Å². The standard InChI is InChI=1S/C20H25N3O2/c1-14-18(6-5-7-19(14)23-12-3-4-13-23)22-20(25)21-15(2)16-8-10-17(24)11-9-16/h5-11,15,24H,3-4,12-13H2,1-2H3,(H2,21,22,25)/t15-/m0/s1. The van der Waals surface area contributed by atoms with Gasteiger partial charge in [0, 0.05) is 24.5 Å². The summed E-state index contributed by atoms with van der Waals surface area (Å²) in [6, 6.07) is 12.5. The number of rotatable bonds is 4. The maximum Gasteiger partial charge on any atom is 0.319 e. The Labute approximate surface area is 148 Å². The topological polar surface area (TPSA) is 64.6 Å². The molecule has 0 aromatic heterocycles. The molecule has 1 aliphatic rings. The molecule has 5 heteroatoms. The van der Waals surface area contributed by atoms with Crippen molar-refractivity contribution in [2.24, 2.45) is 0 Å². The van der Waals surface area contributed by atoms with E-state index >= 15 is 0 Å². The van der Waals surface area contributed by atoms with Gasteiger partial charge >= 0.3 is 6.03 Å². The van der Waals surface area contributed by atoms with Crippen LogP contribution in [0.3, 0.4) is 0 Å². The first-order valence-corrected chi connectivity index (χ1v) is 8.75. The van der Waals surface area contributed by atoms with Crippen molar-refractivity contribution in [3.63, 3.8) is 0 Å². The summed E-state index contributed by atoms with van der Waals surface area (Å²) in [6.45, 7) is 6.12. The molecule has 0 saturated carbocycles. The lowest BCUT2D eigenvalue weighted by molar-refractivity contribution is 0.249. The first-order chi connectivity index (χ1) is 12.0. The molecule has 1 heterocycles. The number of hydrogen-bond donors (Lipinski definition) is 3. The SMILES string of the molecule is Cc1c(NC(=O)N[C@@H](C)c2ccc(O)cc2)cccc1N1CCCC1. The number of phenols is 1. The highest BCUT2D eigenvalue weighted by Gasteiger charge is 2.17. The van der Waals surface area contributed by atoms with Gasteiger partial charge in [0.25, 0.3) is 0 Å². The van der Waals surface area contributed by atoms with Crippen molar-refractivity contribution in [3.8, 4) is 5.75 Å². The van der Waals surface area contributed by atoms with Gasteiger partial charge in [0.05, 0.1) is 6.04 Å². The smallest absolute Gasteiger partial charge is 0.319 e. The third-order valence-corrected chi connectivity index (χ3v) is 4.74. The van der Waals surface area contributed by atoms with E-state index in [2.05, 4.69) is 21.6 Å². The fraction of sp³-hybridized carbons (Fsp3) is 0.350. The van der Waals surface area contributed by atoms with Gasteiger partial charge in [-0.25, -0.2) is 4.79 Å². The molecule has 0 spiro atoms. The molecule has 0 bridgehead atoms. The number of anilines is 2. The lowest BCUT2D eigenvalue weighted by Gasteiger charge is -2.22. The van der Waals surface area contributed by atoms with Crippen molar-refractivity contribution in [2.45, 2.75) is 32.7 Å².